The molecule has 1 aromatic carbocycles. The van der Waals surface area contributed by atoms with E-state index in [4.69, 9.17) is 0 Å². The van der Waals surface area contributed by atoms with E-state index in [0.717, 1.165) is 23.1 Å². The molecule has 1 fully saturated rings. The van der Waals surface area contributed by atoms with Crippen LogP contribution in [0.4, 0.5) is 5.69 Å². The number of nitrogens with zero attached hydrogens (tertiary/aromatic N) is 4. The molecule has 2 aliphatic heterocycles. The Morgan fingerprint density at radius 2 is 1.92 bits per heavy atom. The third-order valence-electron chi connectivity index (χ3n) is 4.26. The number of aryl methyl sites for hydroxylation is 2. The molecule has 0 unspecified atom stereocenters. The average molecular weight is 330 g/mol. The quantitative estimate of drug-likeness (QED) is 0.458. The van der Waals surface area contributed by atoms with Crippen LogP contribution in [-0.2, 0) is 19.1 Å². The number of benzene rings is 1. The number of amides is 2. The van der Waals surface area contributed by atoms with Crippen LogP contribution in [0.1, 0.15) is 11.1 Å². The van der Waals surface area contributed by atoms with Crippen molar-refractivity contribution >= 4 is 29.2 Å². The molecule has 2 aliphatic rings. The number of nitroso groups, excluding NO2 is 1. The van der Waals surface area contributed by atoms with Crippen molar-refractivity contribution in [3.63, 3.8) is 0 Å². The maximum Gasteiger partial charge on any atom is 0.355 e. The Kier molecular flexibility index (Phi) is 3.63. The van der Waals surface area contributed by atoms with Crippen molar-refractivity contribution in [2.24, 2.45) is 16.3 Å². The molecule has 24 heavy (non-hydrogen) atoms. The van der Waals surface area contributed by atoms with Gasteiger partial charge in [-0.05, 0) is 37.1 Å². The van der Waals surface area contributed by atoms with Gasteiger partial charge in [-0.2, -0.15) is 0 Å². The molecule has 1 aromatic rings. The van der Waals surface area contributed by atoms with Gasteiger partial charge in [0.2, 0.25) is 5.91 Å². The number of rotatable bonds is 3. The van der Waals surface area contributed by atoms with Crippen LogP contribution in [-0.4, -0.2) is 41.8 Å². The fraction of sp³-hybridized carbons (Fsp3) is 0.333. The lowest BCUT2D eigenvalue weighted by atomic mass is 9.98. The second kappa shape index (κ2) is 5.52. The number of carbonyl (C=O) groups excluding carboxylic acids is 3. The molecule has 3 rings (SSSR count). The smallest absolute Gasteiger partial charge is 0.355 e. The lowest BCUT2D eigenvalue weighted by Crippen LogP contribution is -2.36. The SMILES string of the molecule is COC(=O)C1=NN(N=O)[C@H]2C(=O)N(c3ccc(C)c(C)c3)C(=O)[C@@H]12. The molecule has 0 radical (unpaired) electrons. The van der Waals surface area contributed by atoms with E-state index < -0.39 is 29.7 Å². The minimum Gasteiger partial charge on any atom is -0.464 e. The summed E-state index contributed by atoms with van der Waals surface area (Å²) in [5.41, 5.74) is 1.98. The Balaban J connectivity index is 2.05. The highest BCUT2D eigenvalue weighted by Crippen LogP contribution is 2.35. The molecule has 9 heteroatoms. The van der Waals surface area contributed by atoms with Gasteiger partial charge in [0, 0.05) is 0 Å². The number of hydrazone groups is 1. The van der Waals surface area contributed by atoms with Gasteiger partial charge in [0.25, 0.3) is 5.91 Å². The summed E-state index contributed by atoms with van der Waals surface area (Å²) in [7, 11) is 1.12. The van der Waals surface area contributed by atoms with E-state index in [1.165, 1.54) is 0 Å². The molecule has 1 saturated heterocycles. The Morgan fingerprint density at radius 3 is 2.50 bits per heavy atom. The number of esters is 1. The van der Waals surface area contributed by atoms with Gasteiger partial charge < -0.3 is 4.74 Å². The Bertz CT molecular complexity index is 803. The van der Waals surface area contributed by atoms with Crippen molar-refractivity contribution < 1.29 is 19.1 Å². The van der Waals surface area contributed by atoms with Crippen LogP contribution in [0, 0.1) is 24.7 Å². The van der Waals surface area contributed by atoms with Gasteiger partial charge in [-0.3, -0.25) is 9.59 Å². The number of anilines is 1. The lowest BCUT2D eigenvalue weighted by Gasteiger charge is -2.17. The summed E-state index contributed by atoms with van der Waals surface area (Å²) in [5.74, 6) is -3.37. The Morgan fingerprint density at radius 1 is 1.21 bits per heavy atom. The third kappa shape index (κ3) is 2.08. The molecular formula is C15H14N4O5. The molecule has 0 aromatic heterocycles. The highest BCUT2D eigenvalue weighted by Gasteiger charge is 2.59. The van der Waals surface area contributed by atoms with Gasteiger partial charge in [-0.15, -0.1) is 15.1 Å². The summed E-state index contributed by atoms with van der Waals surface area (Å²) in [5, 5.41) is 6.83. The maximum atomic E-state index is 12.7. The minimum absolute atomic E-state index is 0.299. The molecule has 0 aliphatic carbocycles. The highest BCUT2D eigenvalue weighted by molar-refractivity contribution is 6.46. The van der Waals surface area contributed by atoms with Gasteiger partial charge in [-0.1, -0.05) is 6.07 Å². The first kappa shape index (κ1) is 15.8. The fourth-order valence-electron chi connectivity index (χ4n) is 2.85. The molecule has 124 valence electrons. The predicted molar refractivity (Wildman–Crippen MR) is 82.8 cm³/mol. The molecule has 2 heterocycles. The number of fused-ring (bicyclic) bond motifs is 1. The molecule has 2 atom stereocenters. The van der Waals surface area contributed by atoms with Crippen molar-refractivity contribution in [2.75, 3.05) is 12.0 Å². The van der Waals surface area contributed by atoms with Gasteiger partial charge in [-0.25, -0.2) is 9.69 Å². The zero-order valence-electron chi connectivity index (χ0n) is 13.2. The molecule has 9 nitrogen and oxygen atoms in total. The van der Waals surface area contributed by atoms with E-state index in [-0.39, 0.29) is 5.71 Å². The summed E-state index contributed by atoms with van der Waals surface area (Å²) < 4.78 is 4.57. The average Bonchev–Trinajstić information content (AvgIpc) is 3.07. The van der Waals surface area contributed by atoms with Crippen molar-refractivity contribution in [1.82, 2.24) is 5.12 Å². The van der Waals surface area contributed by atoms with E-state index in [1.807, 2.05) is 13.8 Å². The van der Waals surface area contributed by atoms with Gasteiger partial charge >= 0.3 is 5.97 Å². The summed E-state index contributed by atoms with van der Waals surface area (Å²) in [6.45, 7) is 3.76. The van der Waals surface area contributed by atoms with Crippen LogP contribution in [0.25, 0.3) is 0 Å². The molecule has 0 saturated carbocycles. The van der Waals surface area contributed by atoms with E-state index >= 15 is 0 Å². The maximum absolute atomic E-state index is 12.7. The summed E-state index contributed by atoms with van der Waals surface area (Å²) in [6, 6.07) is 3.85. The van der Waals surface area contributed by atoms with Crippen LogP contribution in [0.15, 0.2) is 28.6 Å². The second-order valence-corrected chi connectivity index (χ2v) is 5.58. The van der Waals surface area contributed by atoms with Crippen molar-refractivity contribution in [3.8, 4) is 0 Å². The van der Waals surface area contributed by atoms with E-state index in [9.17, 15) is 19.3 Å². The number of hydrogen-bond acceptors (Lipinski definition) is 7. The summed E-state index contributed by atoms with van der Waals surface area (Å²) >= 11 is 0. The zero-order valence-corrected chi connectivity index (χ0v) is 13.2. The fourth-order valence-corrected chi connectivity index (χ4v) is 2.85. The van der Waals surface area contributed by atoms with Crippen LogP contribution in [0.5, 0.6) is 0 Å². The van der Waals surface area contributed by atoms with Crippen LogP contribution in [0.2, 0.25) is 0 Å². The number of hydrogen-bond donors (Lipinski definition) is 0. The van der Waals surface area contributed by atoms with Crippen molar-refractivity contribution in [1.29, 1.82) is 0 Å². The second-order valence-electron chi connectivity index (χ2n) is 5.58. The van der Waals surface area contributed by atoms with E-state index in [0.29, 0.717) is 10.8 Å². The summed E-state index contributed by atoms with van der Waals surface area (Å²) in [4.78, 5) is 49.1. The first-order chi connectivity index (χ1) is 11.4. The normalized spacial score (nSPS) is 22.5. The molecule has 0 N–H and O–H groups in total. The molecular weight excluding hydrogens is 316 g/mol. The number of carbonyl (C=O) groups is 3. The minimum atomic E-state index is -1.26. The summed E-state index contributed by atoms with van der Waals surface area (Å²) in [6.07, 6.45) is 0. The van der Waals surface area contributed by atoms with Crippen molar-refractivity contribution in [2.45, 2.75) is 19.9 Å². The van der Waals surface area contributed by atoms with Crippen LogP contribution >= 0.6 is 0 Å². The molecule has 0 bridgehead atoms. The Labute approximate surface area is 136 Å². The predicted octanol–water partition coefficient (Wildman–Crippen LogP) is 0.687. The highest BCUT2D eigenvalue weighted by atomic mass is 16.5. The number of ether oxygens (including phenoxy) is 1. The van der Waals surface area contributed by atoms with Gasteiger partial charge in [0.15, 0.2) is 11.8 Å². The van der Waals surface area contributed by atoms with E-state index in [2.05, 4.69) is 15.1 Å². The number of methoxy groups -OCH3 is 1. The monoisotopic (exact) mass is 330 g/mol. The standard InChI is InChI=1S/C15H14N4O5/c1-7-4-5-9(6-8(7)2)18-13(20)10-11(15(22)24-3)16-19(17-23)12(10)14(18)21/h4-6,10,12H,1-3H3/t10-,12+/m0/s1. The first-order valence-electron chi connectivity index (χ1n) is 7.15. The van der Waals surface area contributed by atoms with Crippen LogP contribution in [0.3, 0.4) is 0 Å². The molecule has 2 amide bonds. The largest absolute Gasteiger partial charge is 0.464 e. The third-order valence-corrected chi connectivity index (χ3v) is 4.26. The van der Waals surface area contributed by atoms with Crippen LogP contribution < -0.4 is 4.90 Å². The topological polar surface area (TPSA) is 109 Å². The zero-order chi connectivity index (χ0) is 17.6. The molecule has 0 spiro atoms. The van der Waals surface area contributed by atoms with Gasteiger partial charge in [0.1, 0.15) is 5.92 Å². The van der Waals surface area contributed by atoms with Crippen molar-refractivity contribution in [3.05, 3.63) is 34.2 Å². The first-order valence-corrected chi connectivity index (χ1v) is 7.15. The van der Waals surface area contributed by atoms with Gasteiger partial charge in [0.05, 0.1) is 18.1 Å². The number of imide groups is 1. The van der Waals surface area contributed by atoms with E-state index in [1.54, 1.807) is 18.2 Å². The Hall–Kier alpha value is -3.10. The lowest BCUT2D eigenvalue weighted by molar-refractivity contribution is -0.133.